The average molecular weight is 343 g/mol. The number of rotatable bonds is 6. The molecule has 0 aliphatic carbocycles. The van der Waals surface area contributed by atoms with Crippen molar-refractivity contribution in [3.05, 3.63) is 53.9 Å². The highest BCUT2D eigenvalue weighted by molar-refractivity contribution is 6.08. The van der Waals surface area contributed by atoms with Crippen molar-refractivity contribution < 1.29 is 24.2 Å². The van der Waals surface area contributed by atoms with E-state index in [1.54, 1.807) is 19.1 Å². The monoisotopic (exact) mass is 343 g/mol. The van der Waals surface area contributed by atoms with Crippen LogP contribution in [-0.2, 0) is 9.53 Å². The van der Waals surface area contributed by atoms with Gasteiger partial charge in [0.05, 0.1) is 24.1 Å². The molecule has 0 fully saturated rings. The van der Waals surface area contributed by atoms with E-state index < -0.39 is 24.4 Å². The summed E-state index contributed by atoms with van der Waals surface area (Å²) in [5, 5.41) is 9.12. The maximum absolute atomic E-state index is 12.7. The summed E-state index contributed by atoms with van der Waals surface area (Å²) in [5.74, 6) is -2.36. The molecule has 1 heterocycles. The zero-order valence-electron chi connectivity index (χ0n) is 13.5. The van der Waals surface area contributed by atoms with Crippen molar-refractivity contribution in [1.29, 1.82) is 0 Å². The number of ether oxygens (including phenoxy) is 1. The summed E-state index contributed by atoms with van der Waals surface area (Å²) in [6.45, 7) is 1.26. The Bertz CT molecular complexity index is 789. The van der Waals surface area contributed by atoms with E-state index in [0.717, 1.165) is 4.90 Å². The number of esters is 1. The largest absolute Gasteiger partial charge is 0.480 e. The first-order valence-electron chi connectivity index (χ1n) is 7.43. The van der Waals surface area contributed by atoms with Crippen LogP contribution in [-0.4, -0.2) is 41.1 Å². The molecule has 0 aliphatic rings. The van der Waals surface area contributed by atoms with Crippen molar-refractivity contribution in [1.82, 2.24) is 4.98 Å². The first kappa shape index (κ1) is 17.9. The molecule has 1 aromatic carbocycles. The molecule has 0 unspecified atom stereocenters. The SMILES string of the molecule is CCOC(=O)c1cncc(N(CC(=O)O)C(=O)c2ccc(N)cc2)c1. The number of carbonyl (C=O) groups excluding carboxylic acids is 2. The minimum Gasteiger partial charge on any atom is -0.480 e. The first-order valence-corrected chi connectivity index (χ1v) is 7.43. The molecule has 1 amide bonds. The summed E-state index contributed by atoms with van der Waals surface area (Å²) < 4.78 is 4.89. The van der Waals surface area contributed by atoms with E-state index >= 15 is 0 Å². The maximum atomic E-state index is 12.7. The summed E-state index contributed by atoms with van der Waals surface area (Å²) in [6, 6.07) is 7.44. The number of nitrogens with two attached hydrogens (primary N) is 1. The Morgan fingerprint density at radius 3 is 2.44 bits per heavy atom. The molecule has 0 radical (unpaired) electrons. The summed E-state index contributed by atoms with van der Waals surface area (Å²) in [7, 11) is 0. The summed E-state index contributed by atoms with van der Waals surface area (Å²) >= 11 is 0. The third-order valence-electron chi connectivity index (χ3n) is 3.24. The molecular weight excluding hydrogens is 326 g/mol. The van der Waals surface area contributed by atoms with E-state index in [1.807, 2.05) is 0 Å². The number of amides is 1. The summed E-state index contributed by atoms with van der Waals surface area (Å²) in [5.41, 5.74) is 6.64. The van der Waals surface area contributed by atoms with Gasteiger partial charge in [-0.1, -0.05) is 0 Å². The molecule has 1 aromatic heterocycles. The van der Waals surface area contributed by atoms with Gasteiger partial charge in [-0.05, 0) is 37.3 Å². The highest BCUT2D eigenvalue weighted by atomic mass is 16.5. The summed E-state index contributed by atoms with van der Waals surface area (Å²) in [4.78, 5) is 40.6. The van der Waals surface area contributed by atoms with Gasteiger partial charge >= 0.3 is 11.9 Å². The van der Waals surface area contributed by atoms with Crippen LogP contribution < -0.4 is 10.6 Å². The molecule has 25 heavy (non-hydrogen) atoms. The zero-order valence-corrected chi connectivity index (χ0v) is 13.5. The van der Waals surface area contributed by atoms with Crippen LogP contribution in [0.5, 0.6) is 0 Å². The van der Waals surface area contributed by atoms with Crippen molar-refractivity contribution >= 4 is 29.2 Å². The quantitative estimate of drug-likeness (QED) is 0.603. The Kier molecular flexibility index (Phi) is 5.67. The average Bonchev–Trinajstić information content (AvgIpc) is 2.60. The molecule has 130 valence electrons. The Hall–Kier alpha value is -3.42. The number of pyridine rings is 1. The fraction of sp³-hybridized carbons (Fsp3) is 0.176. The van der Waals surface area contributed by atoms with E-state index in [1.165, 1.54) is 30.6 Å². The second-order valence-electron chi connectivity index (χ2n) is 5.06. The molecule has 0 saturated carbocycles. The molecule has 0 bridgehead atoms. The van der Waals surface area contributed by atoms with Gasteiger partial charge in [-0.25, -0.2) is 4.79 Å². The van der Waals surface area contributed by atoms with Crippen LogP contribution in [0.15, 0.2) is 42.7 Å². The number of carboxylic acid groups (broad SMARTS) is 1. The molecule has 0 saturated heterocycles. The van der Waals surface area contributed by atoms with Gasteiger partial charge in [0.25, 0.3) is 5.91 Å². The van der Waals surface area contributed by atoms with Gasteiger partial charge in [0.2, 0.25) is 0 Å². The Morgan fingerprint density at radius 1 is 1.16 bits per heavy atom. The Morgan fingerprint density at radius 2 is 1.84 bits per heavy atom. The van der Waals surface area contributed by atoms with Crippen LogP contribution in [0, 0.1) is 0 Å². The van der Waals surface area contributed by atoms with E-state index in [-0.39, 0.29) is 23.4 Å². The molecule has 0 aliphatic heterocycles. The minimum absolute atomic E-state index is 0.125. The number of nitrogens with zero attached hydrogens (tertiary/aromatic N) is 2. The molecule has 3 N–H and O–H groups in total. The second-order valence-corrected chi connectivity index (χ2v) is 5.06. The van der Waals surface area contributed by atoms with E-state index in [0.29, 0.717) is 5.69 Å². The van der Waals surface area contributed by atoms with Crippen molar-refractivity contribution in [2.75, 3.05) is 23.8 Å². The standard InChI is InChI=1S/C17H17N3O5/c1-2-25-17(24)12-7-14(9-19-8-12)20(10-15(21)22)16(23)11-3-5-13(18)6-4-11/h3-9H,2,10,18H2,1H3,(H,21,22). The number of aliphatic carboxylic acids is 1. The van der Waals surface area contributed by atoms with Gasteiger partial charge in [-0.15, -0.1) is 0 Å². The van der Waals surface area contributed by atoms with Crippen LogP contribution in [0.25, 0.3) is 0 Å². The van der Waals surface area contributed by atoms with Gasteiger partial charge in [-0.2, -0.15) is 0 Å². The zero-order chi connectivity index (χ0) is 18.4. The lowest BCUT2D eigenvalue weighted by Gasteiger charge is -2.21. The third kappa shape index (κ3) is 4.54. The lowest BCUT2D eigenvalue weighted by atomic mass is 10.1. The van der Waals surface area contributed by atoms with Crippen molar-refractivity contribution in [3.63, 3.8) is 0 Å². The molecule has 8 heteroatoms. The number of aromatic nitrogens is 1. The van der Waals surface area contributed by atoms with Crippen LogP contribution in [0.1, 0.15) is 27.6 Å². The number of hydrogen-bond acceptors (Lipinski definition) is 6. The first-order chi connectivity index (χ1) is 11.9. The second kappa shape index (κ2) is 7.91. The number of hydrogen-bond donors (Lipinski definition) is 2. The van der Waals surface area contributed by atoms with Gasteiger partial charge in [0, 0.05) is 17.4 Å². The minimum atomic E-state index is -1.20. The molecular formula is C17H17N3O5. The van der Waals surface area contributed by atoms with E-state index in [9.17, 15) is 14.4 Å². The normalized spacial score (nSPS) is 10.1. The predicted octanol–water partition coefficient (Wildman–Crippen LogP) is 1.57. The molecule has 0 spiro atoms. The molecule has 2 rings (SSSR count). The highest BCUT2D eigenvalue weighted by Gasteiger charge is 2.22. The smallest absolute Gasteiger partial charge is 0.339 e. The van der Waals surface area contributed by atoms with Gasteiger partial charge in [0.1, 0.15) is 6.54 Å². The lowest BCUT2D eigenvalue weighted by Crippen LogP contribution is -2.36. The van der Waals surface area contributed by atoms with Gasteiger partial charge in [-0.3, -0.25) is 19.5 Å². The van der Waals surface area contributed by atoms with Crippen molar-refractivity contribution in [3.8, 4) is 0 Å². The lowest BCUT2D eigenvalue weighted by molar-refractivity contribution is -0.135. The Labute approximate surface area is 143 Å². The molecule has 8 nitrogen and oxygen atoms in total. The van der Waals surface area contributed by atoms with Crippen molar-refractivity contribution in [2.45, 2.75) is 6.92 Å². The number of anilines is 2. The van der Waals surface area contributed by atoms with Crippen molar-refractivity contribution in [2.24, 2.45) is 0 Å². The number of nitrogen functional groups attached to an aromatic ring is 1. The van der Waals surface area contributed by atoms with E-state index in [4.69, 9.17) is 15.6 Å². The number of carbonyl (C=O) groups is 3. The third-order valence-corrected chi connectivity index (χ3v) is 3.24. The van der Waals surface area contributed by atoms with Crippen LogP contribution in [0.3, 0.4) is 0 Å². The van der Waals surface area contributed by atoms with E-state index in [2.05, 4.69) is 4.98 Å². The summed E-state index contributed by atoms with van der Waals surface area (Å²) in [6.07, 6.45) is 2.59. The molecule has 0 atom stereocenters. The number of benzene rings is 1. The van der Waals surface area contributed by atoms with Gasteiger partial charge < -0.3 is 15.6 Å². The van der Waals surface area contributed by atoms with Crippen LogP contribution >= 0.6 is 0 Å². The Balaban J connectivity index is 2.38. The van der Waals surface area contributed by atoms with Gasteiger partial charge in [0.15, 0.2) is 0 Å². The fourth-order valence-corrected chi connectivity index (χ4v) is 2.10. The number of carboxylic acids is 1. The highest BCUT2D eigenvalue weighted by Crippen LogP contribution is 2.19. The molecule has 2 aromatic rings. The predicted molar refractivity (Wildman–Crippen MR) is 90.4 cm³/mol. The fourth-order valence-electron chi connectivity index (χ4n) is 2.10. The topological polar surface area (TPSA) is 123 Å². The van der Waals surface area contributed by atoms with Crippen LogP contribution in [0.4, 0.5) is 11.4 Å². The maximum Gasteiger partial charge on any atom is 0.339 e. The van der Waals surface area contributed by atoms with Crippen LogP contribution in [0.2, 0.25) is 0 Å².